The zero-order valence-electron chi connectivity index (χ0n) is 7.20. The molecule has 78 valence electrons. The molecular weight excluding hydrogens is 280 g/mol. The van der Waals surface area contributed by atoms with Crippen LogP contribution in [0.1, 0.15) is 22.9 Å². The van der Waals surface area contributed by atoms with Gasteiger partial charge in [0, 0.05) is 4.83 Å². The lowest BCUT2D eigenvalue weighted by Crippen LogP contribution is -2.06. The summed E-state index contributed by atoms with van der Waals surface area (Å²) in [6, 6.07) is 3.89. The minimum atomic E-state index is -4.39. The van der Waals surface area contributed by atoms with Crippen LogP contribution in [0.4, 0.5) is 13.2 Å². The molecule has 0 spiro atoms. The Labute approximate surface area is 93.2 Å². The molecule has 0 amide bonds. The number of hydrogen-bond donors (Lipinski definition) is 0. The van der Waals surface area contributed by atoms with Gasteiger partial charge in [-0.15, -0.1) is 0 Å². The highest BCUT2D eigenvalue weighted by molar-refractivity contribution is 9.09. The van der Waals surface area contributed by atoms with Crippen LogP contribution in [0.15, 0.2) is 18.2 Å². The molecule has 0 N–H and O–H groups in total. The summed E-state index contributed by atoms with van der Waals surface area (Å²) < 4.78 is 37.2. The summed E-state index contributed by atoms with van der Waals surface area (Å²) in [6.45, 7) is 1.75. The van der Waals surface area contributed by atoms with E-state index in [9.17, 15) is 13.2 Å². The highest BCUT2D eigenvalue weighted by Gasteiger charge is 2.33. The minimum Gasteiger partial charge on any atom is -0.166 e. The highest BCUT2D eigenvalue weighted by Crippen LogP contribution is 2.37. The van der Waals surface area contributed by atoms with Crippen LogP contribution in [0.2, 0.25) is 5.02 Å². The summed E-state index contributed by atoms with van der Waals surface area (Å²) in [5.41, 5.74) is -0.232. The third-order valence-corrected chi connectivity index (χ3v) is 2.61. The van der Waals surface area contributed by atoms with Crippen molar-refractivity contribution in [1.29, 1.82) is 0 Å². The summed E-state index contributed by atoms with van der Waals surface area (Å²) in [7, 11) is 0. The maximum absolute atomic E-state index is 12.4. The van der Waals surface area contributed by atoms with E-state index in [4.69, 9.17) is 11.6 Å². The van der Waals surface area contributed by atoms with E-state index in [0.717, 1.165) is 6.07 Å². The monoisotopic (exact) mass is 286 g/mol. The van der Waals surface area contributed by atoms with Crippen LogP contribution in [0.5, 0.6) is 0 Å². The first-order valence-electron chi connectivity index (χ1n) is 3.83. The summed E-state index contributed by atoms with van der Waals surface area (Å²) in [5, 5.41) is -0.269. The van der Waals surface area contributed by atoms with Gasteiger partial charge in [0.25, 0.3) is 0 Å². The number of hydrogen-bond acceptors (Lipinski definition) is 0. The zero-order chi connectivity index (χ0) is 10.9. The van der Waals surface area contributed by atoms with Gasteiger partial charge < -0.3 is 0 Å². The summed E-state index contributed by atoms with van der Waals surface area (Å²) in [6.07, 6.45) is -4.39. The lowest BCUT2D eigenvalue weighted by Gasteiger charge is -2.11. The van der Waals surface area contributed by atoms with E-state index >= 15 is 0 Å². The van der Waals surface area contributed by atoms with Crippen LogP contribution in [0.3, 0.4) is 0 Å². The van der Waals surface area contributed by atoms with Gasteiger partial charge in [-0.2, -0.15) is 13.2 Å². The second-order valence-electron chi connectivity index (χ2n) is 2.85. The lowest BCUT2D eigenvalue weighted by atomic mass is 10.1. The van der Waals surface area contributed by atoms with Gasteiger partial charge in [0.2, 0.25) is 0 Å². The molecule has 0 aliphatic heterocycles. The fourth-order valence-electron chi connectivity index (χ4n) is 1.01. The molecule has 0 radical (unpaired) electrons. The van der Waals surface area contributed by atoms with E-state index in [0.29, 0.717) is 5.56 Å². The quantitative estimate of drug-likeness (QED) is 0.650. The molecule has 14 heavy (non-hydrogen) atoms. The van der Waals surface area contributed by atoms with Crippen molar-refractivity contribution < 1.29 is 13.2 Å². The Morgan fingerprint density at radius 1 is 1.36 bits per heavy atom. The van der Waals surface area contributed by atoms with Crippen molar-refractivity contribution in [1.82, 2.24) is 0 Å². The standard InChI is InChI=1S/C9H7BrClF3/c1-5(10)6-2-3-8(11)7(4-6)9(12,13)14/h2-5H,1H3. The smallest absolute Gasteiger partial charge is 0.166 e. The molecule has 0 aromatic heterocycles. The molecular formula is C9H7BrClF3. The van der Waals surface area contributed by atoms with Gasteiger partial charge in [0.05, 0.1) is 10.6 Å². The van der Waals surface area contributed by atoms with Crippen molar-refractivity contribution in [3.63, 3.8) is 0 Å². The number of benzene rings is 1. The molecule has 0 fully saturated rings. The summed E-state index contributed by atoms with van der Waals surface area (Å²) in [5.74, 6) is 0. The third-order valence-electron chi connectivity index (χ3n) is 1.76. The van der Waals surface area contributed by atoms with Gasteiger partial charge in [-0.1, -0.05) is 33.6 Å². The lowest BCUT2D eigenvalue weighted by molar-refractivity contribution is -0.137. The Balaban J connectivity index is 3.22. The molecule has 0 nitrogen and oxygen atoms in total. The van der Waals surface area contributed by atoms with Crippen molar-refractivity contribution in [3.05, 3.63) is 34.3 Å². The van der Waals surface area contributed by atoms with E-state index < -0.39 is 11.7 Å². The molecule has 0 saturated carbocycles. The molecule has 1 rings (SSSR count). The fraction of sp³-hybridized carbons (Fsp3) is 0.333. The molecule has 0 heterocycles. The molecule has 1 atom stereocenters. The van der Waals surface area contributed by atoms with E-state index in [2.05, 4.69) is 15.9 Å². The average Bonchev–Trinajstić information content (AvgIpc) is 2.02. The SMILES string of the molecule is CC(Br)c1ccc(Cl)c(C(F)(F)F)c1. The zero-order valence-corrected chi connectivity index (χ0v) is 9.54. The van der Waals surface area contributed by atoms with Crippen molar-refractivity contribution in [2.75, 3.05) is 0 Å². The Bertz CT molecular complexity index is 333. The Morgan fingerprint density at radius 3 is 2.36 bits per heavy atom. The Kier molecular flexibility index (Phi) is 3.48. The van der Waals surface area contributed by atoms with Crippen LogP contribution in [0, 0.1) is 0 Å². The second-order valence-corrected chi connectivity index (χ2v) is 4.63. The van der Waals surface area contributed by atoms with Gasteiger partial charge >= 0.3 is 6.18 Å². The predicted molar refractivity (Wildman–Crippen MR) is 53.8 cm³/mol. The maximum atomic E-state index is 12.4. The molecule has 1 aromatic carbocycles. The van der Waals surface area contributed by atoms with Crippen molar-refractivity contribution in [2.45, 2.75) is 17.9 Å². The Hall–Kier alpha value is -0.220. The summed E-state index contributed by atoms with van der Waals surface area (Å²) in [4.78, 5) is -0.124. The van der Waals surface area contributed by atoms with Gasteiger partial charge in [-0.25, -0.2) is 0 Å². The summed E-state index contributed by atoms with van der Waals surface area (Å²) >= 11 is 8.65. The van der Waals surface area contributed by atoms with Gasteiger partial charge in [-0.05, 0) is 24.6 Å². The minimum absolute atomic E-state index is 0.124. The average molecular weight is 288 g/mol. The molecule has 0 aliphatic carbocycles. The fourth-order valence-corrected chi connectivity index (χ4v) is 1.52. The largest absolute Gasteiger partial charge is 0.417 e. The van der Waals surface area contributed by atoms with E-state index in [1.807, 2.05) is 0 Å². The third kappa shape index (κ3) is 2.64. The van der Waals surface area contributed by atoms with Gasteiger partial charge in [-0.3, -0.25) is 0 Å². The van der Waals surface area contributed by atoms with Gasteiger partial charge in [0.1, 0.15) is 0 Å². The molecule has 0 bridgehead atoms. The maximum Gasteiger partial charge on any atom is 0.417 e. The first-order chi connectivity index (χ1) is 6.32. The van der Waals surface area contributed by atoms with Crippen LogP contribution >= 0.6 is 27.5 Å². The number of alkyl halides is 4. The number of rotatable bonds is 1. The molecule has 5 heteroatoms. The molecule has 0 aliphatic rings. The number of halogens is 5. The molecule has 1 aromatic rings. The van der Waals surface area contributed by atoms with Crippen molar-refractivity contribution in [2.24, 2.45) is 0 Å². The topological polar surface area (TPSA) is 0 Å². The highest BCUT2D eigenvalue weighted by atomic mass is 79.9. The van der Waals surface area contributed by atoms with Crippen LogP contribution in [-0.4, -0.2) is 0 Å². The predicted octanol–water partition coefficient (Wildman–Crippen LogP) is 4.81. The Morgan fingerprint density at radius 2 is 1.93 bits per heavy atom. The molecule has 1 unspecified atom stereocenters. The second kappa shape index (κ2) is 4.11. The normalized spacial score (nSPS) is 14.1. The van der Waals surface area contributed by atoms with E-state index in [1.54, 1.807) is 13.0 Å². The van der Waals surface area contributed by atoms with Crippen molar-refractivity contribution >= 4 is 27.5 Å². The first-order valence-corrected chi connectivity index (χ1v) is 5.12. The molecule has 0 saturated heterocycles. The van der Waals surface area contributed by atoms with Crippen LogP contribution < -0.4 is 0 Å². The van der Waals surface area contributed by atoms with E-state index in [1.165, 1.54) is 6.07 Å². The van der Waals surface area contributed by atoms with Crippen LogP contribution in [0.25, 0.3) is 0 Å². The van der Waals surface area contributed by atoms with Crippen LogP contribution in [-0.2, 0) is 6.18 Å². The van der Waals surface area contributed by atoms with Crippen molar-refractivity contribution in [3.8, 4) is 0 Å². The van der Waals surface area contributed by atoms with Gasteiger partial charge in [0.15, 0.2) is 0 Å². The first kappa shape index (κ1) is 11.9. The van der Waals surface area contributed by atoms with E-state index in [-0.39, 0.29) is 9.85 Å².